The maximum atomic E-state index is 2.99. The summed E-state index contributed by atoms with van der Waals surface area (Å²) in [5.41, 5.74) is 4.05. The second kappa shape index (κ2) is 20.5. The predicted molar refractivity (Wildman–Crippen MR) is 134 cm³/mol. The molecular weight excluding hydrogens is 490 g/mol. The standard InChI is InChI=1S/C17H15.C5H5.C2H6.CH3.2ClH.Si.Zr/c1-2-13-11-15-9-6-10-16(17(15)12-13)14-7-4-3-5-8-14;1-2-4-5-3-1;1-2;;;;;/h3-12H,2H2,1H3;1-3H,4H2;1-2H3;1H3;2*1H;;/q2*-1;;-1;;;;+3. The summed E-state index contributed by atoms with van der Waals surface area (Å²) < 4.78 is 0. The Morgan fingerprint density at radius 1 is 0.966 bits per heavy atom. The Morgan fingerprint density at radius 2 is 1.62 bits per heavy atom. The number of rotatable bonds is 2. The van der Waals surface area contributed by atoms with E-state index >= 15 is 0 Å². The number of aryl methyl sites for hydroxylation is 1. The second-order valence-electron chi connectivity index (χ2n) is 5.39. The van der Waals surface area contributed by atoms with Gasteiger partial charge in [0.15, 0.2) is 0 Å². The molecule has 3 aromatic rings. The van der Waals surface area contributed by atoms with Crippen LogP contribution in [0.25, 0.3) is 21.9 Å². The fraction of sp³-hybridized carbons (Fsp3) is 0.200. The van der Waals surface area contributed by atoms with E-state index in [-0.39, 0.29) is 69.4 Å². The van der Waals surface area contributed by atoms with Gasteiger partial charge in [0.2, 0.25) is 0 Å². The van der Waals surface area contributed by atoms with Crippen LogP contribution in [0.1, 0.15) is 32.8 Å². The molecule has 0 bridgehead atoms. The van der Waals surface area contributed by atoms with Crippen molar-refractivity contribution < 1.29 is 26.2 Å². The summed E-state index contributed by atoms with van der Waals surface area (Å²) in [6, 6.07) is 21.8. The molecule has 0 amide bonds. The smallest absolute Gasteiger partial charge is 0.358 e. The van der Waals surface area contributed by atoms with Gasteiger partial charge in [-0.15, -0.1) is 65.8 Å². The van der Waals surface area contributed by atoms with Crippen molar-refractivity contribution >= 4 is 46.6 Å². The predicted octanol–water partition coefficient (Wildman–Crippen LogP) is 8.03. The van der Waals surface area contributed by atoms with Crippen molar-refractivity contribution in [2.75, 3.05) is 0 Å². The van der Waals surface area contributed by atoms with Gasteiger partial charge in [0, 0.05) is 11.0 Å². The van der Waals surface area contributed by atoms with Crippen LogP contribution in [-0.4, -0.2) is 11.0 Å². The van der Waals surface area contributed by atoms with Crippen molar-refractivity contribution in [3.63, 3.8) is 0 Å². The number of hydrogen-bond acceptors (Lipinski definition) is 0. The topological polar surface area (TPSA) is 0 Å². The van der Waals surface area contributed by atoms with Gasteiger partial charge in [-0.05, 0) is 12.0 Å². The average Bonchev–Trinajstić information content (AvgIpc) is 3.36. The molecule has 0 aromatic heterocycles. The molecule has 153 valence electrons. The molecule has 3 aromatic carbocycles. The molecule has 0 unspecified atom stereocenters. The summed E-state index contributed by atoms with van der Waals surface area (Å²) in [5, 5.41) is 2.72. The molecule has 0 saturated heterocycles. The fourth-order valence-corrected chi connectivity index (χ4v) is 2.71. The maximum Gasteiger partial charge on any atom is 3.00 e. The first kappa shape index (κ1) is 35.6. The van der Waals surface area contributed by atoms with Gasteiger partial charge in [0.1, 0.15) is 0 Å². The van der Waals surface area contributed by atoms with Gasteiger partial charge < -0.3 is 7.43 Å². The molecule has 4 heteroatoms. The first-order chi connectivity index (χ1) is 11.9. The summed E-state index contributed by atoms with van der Waals surface area (Å²) in [6.45, 7) is 6.20. The molecule has 0 N–H and O–H groups in total. The number of halogens is 2. The summed E-state index contributed by atoms with van der Waals surface area (Å²) in [7, 11) is 0. The van der Waals surface area contributed by atoms with Crippen molar-refractivity contribution in [2.45, 2.75) is 33.6 Å². The van der Waals surface area contributed by atoms with Crippen molar-refractivity contribution in [3.8, 4) is 11.1 Å². The van der Waals surface area contributed by atoms with E-state index in [1.54, 1.807) is 0 Å². The van der Waals surface area contributed by atoms with Crippen molar-refractivity contribution in [2.24, 2.45) is 0 Å². The number of allylic oxidation sites excluding steroid dienone is 4. The Kier molecular flexibility index (Phi) is 25.2. The second-order valence-corrected chi connectivity index (χ2v) is 5.39. The molecule has 0 saturated carbocycles. The van der Waals surface area contributed by atoms with E-state index in [1.807, 2.05) is 26.0 Å². The van der Waals surface area contributed by atoms with Crippen LogP contribution in [0.15, 0.2) is 78.9 Å². The van der Waals surface area contributed by atoms with Crippen LogP contribution in [0.5, 0.6) is 0 Å². The molecule has 5 radical (unpaired) electrons. The SMILES string of the molecule is CC.CCc1cc2c(-c3ccccc3)cccc2[cH-]1.Cl.Cl.[C-]1=CC=CC1.[CH3-].[Si].[Zr+3]. The first-order valence-electron chi connectivity index (χ1n) is 8.84. The minimum absolute atomic E-state index is 0. The Hall–Kier alpha value is -0.790. The molecule has 29 heavy (non-hydrogen) atoms. The van der Waals surface area contributed by atoms with Crippen LogP contribution in [0.3, 0.4) is 0 Å². The third-order valence-electron chi connectivity index (χ3n) is 3.89. The van der Waals surface area contributed by atoms with E-state index < -0.39 is 0 Å². The minimum atomic E-state index is 0. The molecule has 0 spiro atoms. The number of hydrogen-bond donors (Lipinski definition) is 0. The van der Waals surface area contributed by atoms with Crippen molar-refractivity contribution in [1.29, 1.82) is 0 Å². The molecule has 4 rings (SSSR count). The third kappa shape index (κ3) is 10.7. The van der Waals surface area contributed by atoms with Crippen LogP contribution in [0, 0.1) is 13.5 Å². The number of benzene rings is 2. The van der Waals surface area contributed by atoms with Gasteiger partial charge in [-0.1, -0.05) is 62.7 Å². The largest absolute Gasteiger partial charge is 3.00 e. The van der Waals surface area contributed by atoms with Gasteiger partial charge in [-0.2, -0.15) is 12.1 Å². The van der Waals surface area contributed by atoms with Crippen LogP contribution in [0.2, 0.25) is 0 Å². The summed E-state index contributed by atoms with van der Waals surface area (Å²) in [6.07, 6.45) is 11.1. The monoisotopic (exact) mass is 519 g/mol. The van der Waals surface area contributed by atoms with Crippen LogP contribution >= 0.6 is 24.8 Å². The van der Waals surface area contributed by atoms with Gasteiger partial charge in [-0.3, -0.25) is 6.08 Å². The van der Waals surface area contributed by atoms with Crippen LogP contribution in [-0.2, 0) is 32.6 Å². The van der Waals surface area contributed by atoms with E-state index in [0.717, 1.165) is 12.8 Å². The fourth-order valence-electron chi connectivity index (χ4n) is 2.71. The Balaban J connectivity index is -0.000000229. The van der Waals surface area contributed by atoms with E-state index in [9.17, 15) is 0 Å². The van der Waals surface area contributed by atoms with Crippen LogP contribution in [0.4, 0.5) is 0 Å². The molecule has 0 atom stereocenters. The molecule has 1 aliphatic rings. The Morgan fingerprint density at radius 3 is 2.10 bits per heavy atom. The van der Waals surface area contributed by atoms with Gasteiger partial charge in [-0.25, -0.2) is 12.2 Å². The average molecular weight is 522 g/mol. The summed E-state index contributed by atoms with van der Waals surface area (Å²) >= 11 is 0. The van der Waals surface area contributed by atoms with Gasteiger partial charge in [0.25, 0.3) is 0 Å². The van der Waals surface area contributed by atoms with E-state index in [4.69, 9.17) is 0 Å². The zero-order valence-corrected chi connectivity index (χ0v) is 22.8. The molecule has 0 fully saturated rings. The first-order valence-corrected chi connectivity index (χ1v) is 8.84. The van der Waals surface area contributed by atoms with Gasteiger partial charge >= 0.3 is 26.2 Å². The van der Waals surface area contributed by atoms with Crippen molar-refractivity contribution in [3.05, 3.63) is 98.0 Å². The zero-order valence-electron chi connectivity index (χ0n) is 17.7. The summed E-state index contributed by atoms with van der Waals surface area (Å²) in [4.78, 5) is 0. The summed E-state index contributed by atoms with van der Waals surface area (Å²) in [5.74, 6) is 0. The minimum Gasteiger partial charge on any atom is -0.358 e. The Bertz CT molecular complexity index is 798. The van der Waals surface area contributed by atoms with Crippen molar-refractivity contribution in [1.82, 2.24) is 0 Å². The third-order valence-corrected chi connectivity index (χ3v) is 3.89. The van der Waals surface area contributed by atoms with E-state index in [0.29, 0.717) is 0 Å². The molecule has 0 heterocycles. The normalized spacial score (nSPS) is 9.62. The van der Waals surface area contributed by atoms with Crippen LogP contribution < -0.4 is 0 Å². The number of fused-ring (bicyclic) bond motifs is 1. The van der Waals surface area contributed by atoms with E-state index in [2.05, 4.69) is 79.7 Å². The molecule has 1 aliphatic carbocycles. The zero-order chi connectivity index (χ0) is 17.2. The van der Waals surface area contributed by atoms with Gasteiger partial charge in [0.05, 0.1) is 0 Å². The maximum absolute atomic E-state index is 2.99. The Labute approximate surface area is 214 Å². The van der Waals surface area contributed by atoms with E-state index in [1.165, 1.54) is 27.5 Å². The quantitative estimate of drug-likeness (QED) is 0.237. The molecular formula is C25H31Cl2SiZr. The molecule has 0 aliphatic heterocycles. The molecule has 0 nitrogen and oxygen atoms in total.